The van der Waals surface area contributed by atoms with Crippen LogP contribution in [0.2, 0.25) is 0 Å². The molecule has 4 rings (SSSR count). The number of aromatic nitrogens is 3. The third kappa shape index (κ3) is 3.91. The highest BCUT2D eigenvalue weighted by Gasteiger charge is 2.50. The molecule has 0 spiro atoms. The lowest BCUT2D eigenvalue weighted by Crippen LogP contribution is -2.40. The van der Waals surface area contributed by atoms with Crippen LogP contribution in [0.3, 0.4) is 0 Å². The van der Waals surface area contributed by atoms with Gasteiger partial charge in [0.25, 0.3) is 0 Å². The average Bonchev–Trinajstić information content (AvgIpc) is 3.12. The zero-order chi connectivity index (χ0) is 22.6. The third-order valence-corrected chi connectivity index (χ3v) is 4.98. The van der Waals surface area contributed by atoms with Gasteiger partial charge in [0.05, 0.1) is 17.3 Å². The first-order valence-electron chi connectivity index (χ1n) is 9.02. The van der Waals surface area contributed by atoms with Gasteiger partial charge in [-0.3, -0.25) is 10.00 Å². The number of fused-ring (bicyclic) bond motifs is 1. The van der Waals surface area contributed by atoms with E-state index in [-0.39, 0.29) is 25.1 Å². The molecular weight excluding hydrogens is 439 g/mol. The molecule has 0 aliphatic carbocycles. The minimum atomic E-state index is -5.06. The standard InChI is InChI=1S/C17H14F7N5O2/c18-8-6-25-3-2-10(8)29-11(16(19,20)21)5-9(28-29)7-1-4-26-14-12(7)13(17(22,23)24)31-15(30)27-14/h1,4-5,8,10,13,25H,2-3,6H2,(H,26,27,30)/t8-,10+,13+/m0/s1. The smallest absolute Gasteiger partial charge is 0.431 e. The lowest BCUT2D eigenvalue weighted by Gasteiger charge is -2.29. The molecule has 14 heteroatoms. The van der Waals surface area contributed by atoms with Crippen molar-refractivity contribution in [2.24, 2.45) is 0 Å². The zero-order valence-electron chi connectivity index (χ0n) is 15.4. The van der Waals surface area contributed by atoms with Gasteiger partial charge in [0.15, 0.2) is 0 Å². The predicted molar refractivity (Wildman–Crippen MR) is 90.8 cm³/mol. The molecule has 7 nitrogen and oxygen atoms in total. The molecule has 0 unspecified atom stereocenters. The van der Waals surface area contributed by atoms with Crippen LogP contribution in [0.4, 0.5) is 41.3 Å². The van der Waals surface area contributed by atoms with Gasteiger partial charge in [-0.05, 0) is 25.1 Å². The number of amides is 1. The Morgan fingerprint density at radius 2 is 1.94 bits per heavy atom. The van der Waals surface area contributed by atoms with E-state index in [2.05, 4.69) is 20.1 Å². The van der Waals surface area contributed by atoms with Gasteiger partial charge >= 0.3 is 18.4 Å². The van der Waals surface area contributed by atoms with E-state index >= 15 is 0 Å². The first-order chi connectivity index (χ1) is 14.5. The molecule has 31 heavy (non-hydrogen) atoms. The first kappa shape index (κ1) is 21.3. The molecule has 4 heterocycles. The molecule has 168 valence electrons. The Morgan fingerprint density at radius 3 is 2.58 bits per heavy atom. The summed E-state index contributed by atoms with van der Waals surface area (Å²) in [5.41, 5.74) is -2.84. The van der Waals surface area contributed by atoms with Gasteiger partial charge in [-0.1, -0.05) is 0 Å². The number of hydrogen-bond donors (Lipinski definition) is 2. The average molecular weight is 453 g/mol. The topological polar surface area (TPSA) is 81.1 Å². The fourth-order valence-corrected chi connectivity index (χ4v) is 3.66. The number of halogens is 7. The largest absolute Gasteiger partial charge is 0.433 e. The van der Waals surface area contributed by atoms with E-state index in [1.54, 1.807) is 0 Å². The maximum absolute atomic E-state index is 14.3. The Labute approximate surface area is 169 Å². The number of hydrogen-bond acceptors (Lipinski definition) is 5. The predicted octanol–water partition coefficient (Wildman–Crippen LogP) is 4.00. The highest BCUT2D eigenvalue weighted by atomic mass is 19.4. The van der Waals surface area contributed by atoms with E-state index in [4.69, 9.17) is 0 Å². The number of rotatable bonds is 2. The number of pyridine rings is 1. The summed E-state index contributed by atoms with van der Waals surface area (Å²) >= 11 is 0. The van der Waals surface area contributed by atoms with Crippen LogP contribution in [-0.4, -0.2) is 46.3 Å². The lowest BCUT2D eigenvalue weighted by atomic mass is 9.99. The summed E-state index contributed by atoms with van der Waals surface area (Å²) in [4.78, 5) is 15.1. The van der Waals surface area contributed by atoms with Crippen LogP contribution in [0, 0.1) is 0 Å². The Bertz CT molecular complexity index is 1000. The summed E-state index contributed by atoms with van der Waals surface area (Å²) in [6.07, 6.45) is -14.8. The van der Waals surface area contributed by atoms with Crippen LogP contribution in [0.25, 0.3) is 11.3 Å². The second-order valence-corrected chi connectivity index (χ2v) is 7.01. The summed E-state index contributed by atoms with van der Waals surface area (Å²) in [6, 6.07) is 0.327. The molecule has 0 aromatic carbocycles. The van der Waals surface area contributed by atoms with E-state index < -0.39 is 59.5 Å². The fourth-order valence-electron chi connectivity index (χ4n) is 3.66. The highest BCUT2D eigenvalue weighted by Crippen LogP contribution is 2.46. The molecular formula is C17H14F7N5O2. The minimum absolute atomic E-state index is 0.00413. The second-order valence-electron chi connectivity index (χ2n) is 7.01. The molecule has 1 saturated heterocycles. The lowest BCUT2D eigenvalue weighted by molar-refractivity contribution is -0.206. The van der Waals surface area contributed by atoms with E-state index in [9.17, 15) is 35.5 Å². The normalized spacial score (nSPS) is 24.4. The quantitative estimate of drug-likeness (QED) is 0.672. The van der Waals surface area contributed by atoms with Crippen molar-refractivity contribution >= 4 is 11.9 Å². The SMILES string of the molecule is O=C1Nc2nccc(-c3cc(C(F)(F)F)n([C@@H]4CCNC[C@@H]4F)n3)c2[C@H](C(F)(F)F)O1. The van der Waals surface area contributed by atoms with Gasteiger partial charge in [0, 0.05) is 18.3 Å². The van der Waals surface area contributed by atoms with Crippen LogP contribution in [0.15, 0.2) is 18.3 Å². The molecule has 1 amide bonds. The molecule has 3 atom stereocenters. The van der Waals surface area contributed by atoms with Crippen molar-refractivity contribution in [2.45, 2.75) is 37.1 Å². The van der Waals surface area contributed by atoms with Crippen LogP contribution < -0.4 is 10.6 Å². The van der Waals surface area contributed by atoms with Gasteiger partial charge in [-0.25, -0.2) is 14.2 Å². The van der Waals surface area contributed by atoms with Crippen molar-refractivity contribution in [2.75, 3.05) is 18.4 Å². The number of nitrogens with zero attached hydrogens (tertiary/aromatic N) is 3. The maximum atomic E-state index is 14.3. The second kappa shape index (κ2) is 7.35. The van der Waals surface area contributed by atoms with Gasteiger partial charge in [0.2, 0.25) is 6.10 Å². The Hall–Kier alpha value is -2.90. The van der Waals surface area contributed by atoms with Crippen molar-refractivity contribution < 1.29 is 40.3 Å². The molecule has 1 fully saturated rings. The number of piperidine rings is 1. The summed E-state index contributed by atoms with van der Waals surface area (Å²) in [6.45, 7) is 0.0656. The van der Waals surface area contributed by atoms with Gasteiger partial charge in [-0.2, -0.15) is 31.4 Å². The number of anilines is 1. The number of ether oxygens (including phenoxy) is 1. The van der Waals surface area contributed by atoms with Crippen LogP contribution in [0.5, 0.6) is 0 Å². The first-order valence-corrected chi connectivity index (χ1v) is 9.02. The van der Waals surface area contributed by atoms with Gasteiger partial charge in [0.1, 0.15) is 17.7 Å². The van der Waals surface area contributed by atoms with Crippen molar-refractivity contribution in [1.29, 1.82) is 0 Å². The number of alkyl halides is 7. The van der Waals surface area contributed by atoms with Gasteiger partial charge in [-0.15, -0.1) is 0 Å². The van der Waals surface area contributed by atoms with Crippen molar-refractivity contribution in [3.05, 3.63) is 29.6 Å². The van der Waals surface area contributed by atoms with Crippen LogP contribution in [-0.2, 0) is 10.9 Å². The molecule has 2 aliphatic heterocycles. The molecule has 0 bridgehead atoms. The van der Waals surface area contributed by atoms with Crippen LogP contribution >= 0.6 is 0 Å². The van der Waals surface area contributed by atoms with Crippen molar-refractivity contribution in [1.82, 2.24) is 20.1 Å². The van der Waals surface area contributed by atoms with E-state index in [0.717, 1.165) is 12.3 Å². The summed E-state index contributed by atoms with van der Waals surface area (Å²) in [5, 5.41) is 8.54. The monoisotopic (exact) mass is 453 g/mol. The van der Waals surface area contributed by atoms with Crippen molar-refractivity contribution in [3.8, 4) is 11.3 Å². The molecule has 0 saturated carbocycles. The molecule has 2 aromatic rings. The van der Waals surface area contributed by atoms with E-state index in [1.807, 2.05) is 5.32 Å². The number of carbonyl (C=O) groups is 1. The molecule has 2 aromatic heterocycles. The number of nitrogens with one attached hydrogen (secondary N) is 2. The van der Waals surface area contributed by atoms with E-state index in [1.165, 1.54) is 0 Å². The number of cyclic esters (lactones) is 1. The molecule has 0 radical (unpaired) electrons. The Morgan fingerprint density at radius 1 is 1.19 bits per heavy atom. The zero-order valence-corrected chi connectivity index (χ0v) is 15.4. The Kier molecular flexibility index (Phi) is 5.06. The van der Waals surface area contributed by atoms with Crippen molar-refractivity contribution in [3.63, 3.8) is 0 Å². The fraction of sp³-hybridized carbons (Fsp3) is 0.471. The maximum Gasteiger partial charge on any atom is 0.433 e. The summed E-state index contributed by atoms with van der Waals surface area (Å²) in [5.74, 6) is -0.510. The third-order valence-electron chi connectivity index (χ3n) is 4.98. The summed E-state index contributed by atoms with van der Waals surface area (Å²) in [7, 11) is 0. The van der Waals surface area contributed by atoms with Gasteiger partial charge < -0.3 is 10.1 Å². The Balaban J connectivity index is 1.88. The molecule has 2 N–H and O–H groups in total. The molecule has 2 aliphatic rings. The summed E-state index contributed by atoms with van der Waals surface area (Å²) < 4.78 is 101. The highest BCUT2D eigenvalue weighted by molar-refractivity contribution is 5.89. The van der Waals surface area contributed by atoms with E-state index in [0.29, 0.717) is 10.7 Å². The number of carbonyl (C=O) groups excluding carboxylic acids is 1. The van der Waals surface area contributed by atoms with Crippen LogP contribution in [0.1, 0.15) is 29.8 Å². The minimum Gasteiger partial charge on any atom is -0.431 e.